The molecule has 0 aliphatic heterocycles. The van der Waals surface area contributed by atoms with Crippen LogP contribution < -0.4 is 4.72 Å². The van der Waals surface area contributed by atoms with Crippen LogP contribution in [0.15, 0.2) is 29.2 Å². The van der Waals surface area contributed by atoms with E-state index in [1.807, 2.05) is 0 Å². The maximum absolute atomic E-state index is 12.8. The summed E-state index contributed by atoms with van der Waals surface area (Å²) in [5.41, 5.74) is 0. The summed E-state index contributed by atoms with van der Waals surface area (Å²) in [6.07, 6.45) is 0.574. The third kappa shape index (κ3) is 3.88. The molecule has 0 saturated carbocycles. The van der Waals surface area contributed by atoms with Gasteiger partial charge in [0.25, 0.3) is 0 Å². The molecule has 16 heavy (non-hydrogen) atoms. The van der Waals surface area contributed by atoms with Gasteiger partial charge in [-0.05, 0) is 24.6 Å². The molecule has 0 aromatic heterocycles. The first-order valence-electron chi connectivity index (χ1n) is 4.80. The van der Waals surface area contributed by atoms with Crippen molar-refractivity contribution in [3.8, 4) is 0 Å². The van der Waals surface area contributed by atoms with Crippen LogP contribution in [-0.2, 0) is 14.8 Å². The molecule has 0 bridgehead atoms. The van der Waals surface area contributed by atoms with E-state index in [4.69, 9.17) is 4.74 Å². The van der Waals surface area contributed by atoms with Crippen molar-refractivity contribution in [2.45, 2.75) is 11.3 Å². The summed E-state index contributed by atoms with van der Waals surface area (Å²) in [4.78, 5) is -0.0649. The van der Waals surface area contributed by atoms with Crippen LogP contribution in [0.4, 0.5) is 4.39 Å². The average Bonchev–Trinajstić information content (AvgIpc) is 2.24. The van der Waals surface area contributed by atoms with Crippen LogP contribution in [0.5, 0.6) is 0 Å². The topological polar surface area (TPSA) is 55.4 Å². The Morgan fingerprint density at radius 2 is 2.19 bits per heavy atom. The van der Waals surface area contributed by atoms with Crippen LogP contribution in [0.25, 0.3) is 0 Å². The molecule has 6 heteroatoms. The third-order valence-corrected chi connectivity index (χ3v) is 3.38. The van der Waals surface area contributed by atoms with Crippen LogP contribution in [0.1, 0.15) is 6.42 Å². The number of ether oxygens (including phenoxy) is 1. The van der Waals surface area contributed by atoms with Gasteiger partial charge in [-0.15, -0.1) is 0 Å². The first-order valence-corrected chi connectivity index (χ1v) is 6.29. The van der Waals surface area contributed by atoms with Crippen molar-refractivity contribution >= 4 is 10.0 Å². The van der Waals surface area contributed by atoms with Gasteiger partial charge in [0.05, 0.1) is 4.90 Å². The van der Waals surface area contributed by atoms with E-state index in [-0.39, 0.29) is 11.4 Å². The largest absolute Gasteiger partial charge is 0.385 e. The molecule has 0 saturated heterocycles. The molecule has 1 rings (SSSR count). The number of benzene rings is 1. The normalized spacial score (nSPS) is 11.6. The third-order valence-electron chi connectivity index (χ3n) is 1.92. The number of hydrogen-bond acceptors (Lipinski definition) is 3. The van der Waals surface area contributed by atoms with E-state index in [1.54, 1.807) is 7.11 Å². The van der Waals surface area contributed by atoms with Gasteiger partial charge in [0.2, 0.25) is 10.0 Å². The van der Waals surface area contributed by atoms with Gasteiger partial charge in [-0.1, -0.05) is 6.07 Å². The van der Waals surface area contributed by atoms with E-state index in [9.17, 15) is 12.8 Å². The van der Waals surface area contributed by atoms with Crippen molar-refractivity contribution in [3.63, 3.8) is 0 Å². The van der Waals surface area contributed by atoms with Gasteiger partial charge >= 0.3 is 0 Å². The van der Waals surface area contributed by atoms with Gasteiger partial charge in [0.15, 0.2) is 0 Å². The summed E-state index contributed by atoms with van der Waals surface area (Å²) < 4.78 is 43.2. The molecule has 0 aliphatic rings. The lowest BCUT2D eigenvalue weighted by Crippen LogP contribution is -2.25. The number of hydrogen-bond donors (Lipinski definition) is 1. The Bertz CT molecular complexity index is 433. The Morgan fingerprint density at radius 1 is 1.44 bits per heavy atom. The predicted octanol–water partition coefficient (Wildman–Crippen LogP) is 1.14. The molecule has 0 spiro atoms. The molecule has 90 valence electrons. The minimum absolute atomic E-state index is 0.0649. The molecular formula is C10H14FNO3S. The molecule has 1 N–H and O–H groups in total. The summed E-state index contributed by atoms with van der Waals surface area (Å²) in [7, 11) is -2.07. The van der Waals surface area contributed by atoms with Gasteiger partial charge in [-0.2, -0.15) is 0 Å². The second-order valence-corrected chi connectivity index (χ2v) is 4.97. The molecule has 0 heterocycles. The van der Waals surface area contributed by atoms with E-state index in [1.165, 1.54) is 18.2 Å². The van der Waals surface area contributed by atoms with E-state index < -0.39 is 15.8 Å². The summed E-state index contributed by atoms with van der Waals surface area (Å²) in [5.74, 6) is -0.570. The van der Waals surface area contributed by atoms with Crippen molar-refractivity contribution in [3.05, 3.63) is 30.1 Å². The zero-order chi connectivity index (χ0) is 12.0. The Hall–Kier alpha value is -0.980. The Balaban J connectivity index is 2.64. The Morgan fingerprint density at radius 3 is 2.81 bits per heavy atom. The highest BCUT2D eigenvalue weighted by Crippen LogP contribution is 2.09. The zero-order valence-electron chi connectivity index (χ0n) is 8.94. The van der Waals surface area contributed by atoms with Crippen molar-refractivity contribution < 1.29 is 17.5 Å². The summed E-state index contributed by atoms with van der Waals surface area (Å²) in [6.45, 7) is 0.748. The summed E-state index contributed by atoms with van der Waals surface area (Å²) in [6, 6.07) is 4.89. The smallest absolute Gasteiger partial charge is 0.240 e. The number of sulfonamides is 1. The SMILES string of the molecule is COCCCNS(=O)(=O)c1cccc(F)c1. The molecule has 0 atom stereocenters. The predicted molar refractivity (Wildman–Crippen MR) is 58.1 cm³/mol. The molecule has 0 fully saturated rings. The van der Waals surface area contributed by atoms with Gasteiger partial charge < -0.3 is 4.74 Å². The number of halogens is 1. The van der Waals surface area contributed by atoms with E-state index in [0.717, 1.165) is 6.07 Å². The standard InChI is InChI=1S/C10H14FNO3S/c1-15-7-3-6-12-16(13,14)10-5-2-4-9(11)8-10/h2,4-5,8,12H,3,6-7H2,1H3. The van der Waals surface area contributed by atoms with Gasteiger partial charge in [0, 0.05) is 20.3 Å². The number of methoxy groups -OCH3 is 1. The molecule has 0 aliphatic carbocycles. The van der Waals surface area contributed by atoms with Crippen LogP contribution in [0, 0.1) is 5.82 Å². The van der Waals surface area contributed by atoms with E-state index in [2.05, 4.69) is 4.72 Å². The van der Waals surface area contributed by atoms with Gasteiger partial charge in [-0.25, -0.2) is 17.5 Å². The highest BCUT2D eigenvalue weighted by Gasteiger charge is 2.13. The summed E-state index contributed by atoms with van der Waals surface area (Å²) >= 11 is 0. The van der Waals surface area contributed by atoms with Crippen LogP contribution in [0.3, 0.4) is 0 Å². The molecule has 1 aromatic carbocycles. The second-order valence-electron chi connectivity index (χ2n) is 3.20. The summed E-state index contributed by atoms with van der Waals surface area (Å²) in [5, 5.41) is 0. The number of nitrogens with one attached hydrogen (secondary N) is 1. The van der Waals surface area contributed by atoms with Crippen molar-refractivity contribution in [2.24, 2.45) is 0 Å². The van der Waals surface area contributed by atoms with Crippen molar-refractivity contribution in [1.29, 1.82) is 0 Å². The highest BCUT2D eigenvalue weighted by molar-refractivity contribution is 7.89. The molecule has 1 aromatic rings. The lowest BCUT2D eigenvalue weighted by Gasteiger charge is -2.06. The monoisotopic (exact) mass is 247 g/mol. The fraction of sp³-hybridized carbons (Fsp3) is 0.400. The quantitative estimate of drug-likeness (QED) is 0.767. The molecule has 0 radical (unpaired) electrons. The van der Waals surface area contributed by atoms with Crippen molar-refractivity contribution in [2.75, 3.05) is 20.3 Å². The average molecular weight is 247 g/mol. The highest BCUT2D eigenvalue weighted by atomic mass is 32.2. The van der Waals surface area contributed by atoms with Crippen LogP contribution in [-0.4, -0.2) is 28.7 Å². The first-order chi connectivity index (χ1) is 7.56. The van der Waals surface area contributed by atoms with Gasteiger partial charge in [0.1, 0.15) is 5.82 Å². The Labute approximate surface area is 94.5 Å². The van der Waals surface area contributed by atoms with Crippen LogP contribution in [0.2, 0.25) is 0 Å². The minimum atomic E-state index is -3.61. The molecule has 0 amide bonds. The minimum Gasteiger partial charge on any atom is -0.385 e. The molecule has 0 unspecified atom stereocenters. The van der Waals surface area contributed by atoms with Crippen molar-refractivity contribution in [1.82, 2.24) is 4.72 Å². The lowest BCUT2D eigenvalue weighted by molar-refractivity contribution is 0.196. The fourth-order valence-electron chi connectivity index (χ4n) is 1.14. The molecular weight excluding hydrogens is 233 g/mol. The second kappa shape index (κ2) is 5.93. The first kappa shape index (κ1) is 13.1. The van der Waals surface area contributed by atoms with E-state index >= 15 is 0 Å². The molecule has 4 nitrogen and oxygen atoms in total. The van der Waals surface area contributed by atoms with Gasteiger partial charge in [-0.3, -0.25) is 0 Å². The maximum atomic E-state index is 12.8. The number of rotatable bonds is 6. The zero-order valence-corrected chi connectivity index (χ0v) is 9.76. The van der Waals surface area contributed by atoms with E-state index in [0.29, 0.717) is 13.0 Å². The fourth-order valence-corrected chi connectivity index (χ4v) is 2.25. The van der Waals surface area contributed by atoms with Crippen LogP contribution >= 0.6 is 0 Å². The maximum Gasteiger partial charge on any atom is 0.240 e. The Kier molecular flexibility index (Phi) is 4.85. The lowest BCUT2D eigenvalue weighted by atomic mass is 10.4.